The zero-order chi connectivity index (χ0) is 16.4. The van der Waals surface area contributed by atoms with Crippen molar-refractivity contribution in [3.63, 3.8) is 0 Å². The molecule has 0 aromatic heterocycles. The maximum absolute atomic E-state index is 12.7. The molecule has 2 aromatic carbocycles. The van der Waals surface area contributed by atoms with E-state index in [1.807, 2.05) is 55.5 Å². The smallest absolute Gasteiger partial charge is 0.247 e. The van der Waals surface area contributed by atoms with Gasteiger partial charge in [0, 0.05) is 13.6 Å². The SMILES string of the molecule is Cc1ccccc1CNC(=O)C1c2ccccc2CC(=O)N1C. The van der Waals surface area contributed by atoms with Crippen LogP contribution in [0.3, 0.4) is 0 Å². The molecule has 1 aliphatic rings. The second-order valence-electron chi connectivity index (χ2n) is 5.93. The molecule has 1 N–H and O–H groups in total. The molecule has 1 aliphatic heterocycles. The first-order valence-corrected chi connectivity index (χ1v) is 7.73. The van der Waals surface area contributed by atoms with Gasteiger partial charge in [0.05, 0.1) is 6.42 Å². The van der Waals surface area contributed by atoms with Crippen molar-refractivity contribution in [3.05, 3.63) is 70.8 Å². The Morgan fingerprint density at radius 2 is 1.87 bits per heavy atom. The van der Waals surface area contributed by atoms with Crippen LogP contribution in [0, 0.1) is 6.92 Å². The molecule has 2 amide bonds. The Hall–Kier alpha value is -2.62. The van der Waals surface area contributed by atoms with E-state index in [9.17, 15) is 9.59 Å². The van der Waals surface area contributed by atoms with Crippen LogP contribution in [0.2, 0.25) is 0 Å². The zero-order valence-corrected chi connectivity index (χ0v) is 13.4. The summed E-state index contributed by atoms with van der Waals surface area (Å²) in [6.07, 6.45) is 0.355. The Kier molecular flexibility index (Phi) is 4.15. The van der Waals surface area contributed by atoms with Gasteiger partial charge >= 0.3 is 0 Å². The fourth-order valence-corrected chi connectivity index (χ4v) is 3.01. The summed E-state index contributed by atoms with van der Waals surface area (Å²) in [6.45, 7) is 2.49. The molecule has 0 saturated heterocycles. The van der Waals surface area contributed by atoms with Crippen molar-refractivity contribution in [2.45, 2.75) is 25.9 Å². The first-order valence-electron chi connectivity index (χ1n) is 7.73. The van der Waals surface area contributed by atoms with Gasteiger partial charge in [0.25, 0.3) is 0 Å². The van der Waals surface area contributed by atoms with Crippen molar-refractivity contribution >= 4 is 11.8 Å². The van der Waals surface area contributed by atoms with Crippen molar-refractivity contribution in [2.75, 3.05) is 7.05 Å². The number of benzene rings is 2. The number of nitrogens with one attached hydrogen (secondary N) is 1. The minimum atomic E-state index is -0.559. The molecule has 0 bridgehead atoms. The van der Waals surface area contributed by atoms with Gasteiger partial charge in [-0.05, 0) is 29.2 Å². The molecule has 118 valence electrons. The molecule has 0 aliphatic carbocycles. The van der Waals surface area contributed by atoms with Gasteiger partial charge in [-0.15, -0.1) is 0 Å². The minimum absolute atomic E-state index is 0.0280. The highest BCUT2D eigenvalue weighted by Crippen LogP contribution is 2.29. The Balaban J connectivity index is 1.81. The Morgan fingerprint density at radius 3 is 2.65 bits per heavy atom. The molecule has 0 saturated carbocycles. The molecule has 0 spiro atoms. The normalized spacial score (nSPS) is 16.9. The fraction of sp³-hybridized carbons (Fsp3) is 0.263. The number of rotatable bonds is 3. The number of hydrogen-bond acceptors (Lipinski definition) is 2. The third kappa shape index (κ3) is 2.97. The topological polar surface area (TPSA) is 49.4 Å². The van der Waals surface area contributed by atoms with Crippen LogP contribution in [0.25, 0.3) is 0 Å². The van der Waals surface area contributed by atoms with Crippen molar-refractivity contribution in [1.29, 1.82) is 0 Å². The molecular weight excluding hydrogens is 288 g/mol. The number of hydrogen-bond donors (Lipinski definition) is 1. The van der Waals surface area contributed by atoms with Crippen molar-refractivity contribution in [2.24, 2.45) is 0 Å². The van der Waals surface area contributed by atoms with E-state index in [2.05, 4.69) is 5.32 Å². The van der Waals surface area contributed by atoms with E-state index >= 15 is 0 Å². The van der Waals surface area contributed by atoms with E-state index in [-0.39, 0.29) is 11.8 Å². The molecule has 1 atom stereocenters. The average molecular weight is 308 g/mol. The highest BCUT2D eigenvalue weighted by atomic mass is 16.2. The van der Waals surface area contributed by atoms with Crippen LogP contribution in [0.1, 0.15) is 28.3 Å². The minimum Gasteiger partial charge on any atom is -0.350 e. The quantitative estimate of drug-likeness (QED) is 0.946. The standard InChI is InChI=1S/C19H20N2O2/c1-13-7-3-4-9-15(13)12-20-19(23)18-16-10-6-5-8-14(16)11-17(22)21(18)2/h3-10,18H,11-12H2,1-2H3,(H,20,23). The van der Waals surface area contributed by atoms with E-state index in [0.717, 1.165) is 22.3 Å². The van der Waals surface area contributed by atoms with Crippen LogP contribution in [0.5, 0.6) is 0 Å². The van der Waals surface area contributed by atoms with Crippen molar-refractivity contribution in [1.82, 2.24) is 10.2 Å². The second kappa shape index (κ2) is 6.24. The molecule has 4 nitrogen and oxygen atoms in total. The van der Waals surface area contributed by atoms with Crippen LogP contribution < -0.4 is 5.32 Å². The van der Waals surface area contributed by atoms with Gasteiger partial charge in [-0.1, -0.05) is 48.5 Å². The molecule has 4 heteroatoms. The van der Waals surface area contributed by atoms with E-state index < -0.39 is 6.04 Å². The second-order valence-corrected chi connectivity index (χ2v) is 5.93. The maximum atomic E-state index is 12.7. The van der Waals surface area contributed by atoms with Gasteiger partial charge in [0.1, 0.15) is 6.04 Å². The van der Waals surface area contributed by atoms with Crippen LogP contribution in [-0.2, 0) is 22.6 Å². The van der Waals surface area contributed by atoms with Gasteiger partial charge in [-0.25, -0.2) is 0 Å². The maximum Gasteiger partial charge on any atom is 0.247 e. The van der Waals surface area contributed by atoms with E-state index in [1.165, 1.54) is 4.90 Å². The fourth-order valence-electron chi connectivity index (χ4n) is 3.01. The third-order valence-electron chi connectivity index (χ3n) is 4.43. The summed E-state index contributed by atoms with van der Waals surface area (Å²) in [5.41, 5.74) is 4.07. The Labute approximate surface area is 136 Å². The largest absolute Gasteiger partial charge is 0.350 e. The van der Waals surface area contributed by atoms with E-state index in [4.69, 9.17) is 0 Å². The summed E-state index contributed by atoms with van der Waals surface area (Å²) in [6, 6.07) is 15.1. The zero-order valence-electron chi connectivity index (χ0n) is 13.4. The summed E-state index contributed by atoms with van der Waals surface area (Å²) < 4.78 is 0. The first-order chi connectivity index (χ1) is 11.1. The molecule has 23 heavy (non-hydrogen) atoms. The number of amides is 2. The number of nitrogens with zero attached hydrogens (tertiary/aromatic N) is 1. The van der Waals surface area contributed by atoms with Crippen LogP contribution in [-0.4, -0.2) is 23.8 Å². The summed E-state index contributed by atoms with van der Waals surface area (Å²) in [4.78, 5) is 26.4. The number of carbonyl (C=O) groups is 2. The molecule has 0 radical (unpaired) electrons. The Morgan fingerprint density at radius 1 is 1.17 bits per heavy atom. The number of aryl methyl sites for hydroxylation is 1. The van der Waals surface area contributed by atoms with Gasteiger partial charge < -0.3 is 10.2 Å². The van der Waals surface area contributed by atoms with Crippen LogP contribution >= 0.6 is 0 Å². The summed E-state index contributed by atoms with van der Waals surface area (Å²) in [5, 5.41) is 2.97. The van der Waals surface area contributed by atoms with Gasteiger partial charge in [0.15, 0.2) is 0 Å². The van der Waals surface area contributed by atoms with Gasteiger partial charge in [-0.2, -0.15) is 0 Å². The predicted octanol–water partition coefficient (Wildman–Crippen LogP) is 2.37. The molecule has 1 unspecified atom stereocenters. The number of likely N-dealkylation sites (N-methyl/N-ethyl adjacent to an activating group) is 1. The Bertz CT molecular complexity index is 755. The molecule has 1 heterocycles. The number of fused-ring (bicyclic) bond motifs is 1. The van der Waals surface area contributed by atoms with Gasteiger partial charge in [-0.3, -0.25) is 9.59 Å². The van der Waals surface area contributed by atoms with Gasteiger partial charge in [0.2, 0.25) is 11.8 Å². The van der Waals surface area contributed by atoms with Crippen LogP contribution in [0.4, 0.5) is 0 Å². The average Bonchev–Trinajstić information content (AvgIpc) is 2.55. The lowest BCUT2D eigenvalue weighted by molar-refractivity contribution is -0.140. The summed E-state index contributed by atoms with van der Waals surface area (Å²) in [5.74, 6) is -0.170. The molecular formula is C19H20N2O2. The van der Waals surface area contributed by atoms with Crippen molar-refractivity contribution in [3.8, 4) is 0 Å². The highest BCUT2D eigenvalue weighted by Gasteiger charge is 2.34. The third-order valence-corrected chi connectivity index (χ3v) is 4.43. The monoisotopic (exact) mass is 308 g/mol. The number of carbonyl (C=O) groups excluding carboxylic acids is 2. The molecule has 2 aromatic rings. The van der Waals surface area contributed by atoms with Crippen molar-refractivity contribution < 1.29 is 9.59 Å². The lowest BCUT2D eigenvalue weighted by Gasteiger charge is -2.33. The summed E-state index contributed by atoms with van der Waals surface area (Å²) >= 11 is 0. The molecule has 0 fully saturated rings. The lowest BCUT2D eigenvalue weighted by Crippen LogP contribution is -2.45. The summed E-state index contributed by atoms with van der Waals surface area (Å²) in [7, 11) is 1.69. The first kappa shape index (κ1) is 15.3. The molecule has 3 rings (SSSR count). The predicted molar refractivity (Wildman–Crippen MR) is 88.7 cm³/mol. The lowest BCUT2D eigenvalue weighted by atomic mass is 9.92. The van der Waals surface area contributed by atoms with E-state index in [0.29, 0.717) is 13.0 Å². The van der Waals surface area contributed by atoms with Crippen LogP contribution in [0.15, 0.2) is 48.5 Å². The van der Waals surface area contributed by atoms with E-state index in [1.54, 1.807) is 7.05 Å². The highest BCUT2D eigenvalue weighted by molar-refractivity contribution is 5.92.